The van der Waals surface area contributed by atoms with Gasteiger partial charge in [-0.25, -0.2) is 9.97 Å². The third-order valence-electron chi connectivity index (χ3n) is 5.87. The lowest BCUT2D eigenvalue weighted by atomic mass is 9.84. The number of fused-ring (bicyclic) bond motifs is 3. The van der Waals surface area contributed by atoms with E-state index in [4.69, 9.17) is 9.97 Å². The van der Waals surface area contributed by atoms with E-state index in [1.54, 1.807) is 0 Å². The maximum absolute atomic E-state index is 5.08. The van der Waals surface area contributed by atoms with E-state index < -0.39 is 0 Å². The molecule has 1 heterocycles. The normalized spacial score (nSPS) is 12.3. The Bertz CT molecular complexity index is 1270. The maximum atomic E-state index is 5.08. The minimum atomic E-state index is 0.0886. The summed E-state index contributed by atoms with van der Waals surface area (Å²) in [6.07, 6.45) is 0. The van der Waals surface area contributed by atoms with Gasteiger partial charge < -0.3 is 0 Å². The molecule has 0 saturated heterocycles. The molecule has 0 fully saturated rings. The van der Waals surface area contributed by atoms with Gasteiger partial charge in [-0.2, -0.15) is 0 Å². The third-order valence-corrected chi connectivity index (χ3v) is 5.87. The molecule has 2 nitrogen and oxygen atoms in total. The van der Waals surface area contributed by atoms with Gasteiger partial charge in [-0.05, 0) is 60.9 Å². The minimum Gasteiger partial charge on any atom is -0.232 e. The van der Waals surface area contributed by atoms with Gasteiger partial charge in [-0.3, -0.25) is 0 Å². The third kappa shape index (κ3) is 3.60. The number of rotatable bonds is 2. The van der Waals surface area contributed by atoms with E-state index in [2.05, 4.69) is 97.9 Å². The standard InChI is InChI=1S/C28H32N2/c1-16(2)27-29-25(21-13-18(4)14-22(15-21)28(6,7)8)23-10-9-20-12-17(3)11-19(5)24(20)26(23)30-27/h9-16H,1-8H3. The van der Waals surface area contributed by atoms with Crippen LogP contribution in [-0.2, 0) is 5.41 Å². The summed E-state index contributed by atoms with van der Waals surface area (Å²) in [6, 6.07) is 15.8. The number of aryl methyl sites for hydroxylation is 3. The molecule has 0 aliphatic carbocycles. The summed E-state index contributed by atoms with van der Waals surface area (Å²) in [5.74, 6) is 1.17. The molecule has 0 unspecified atom stereocenters. The zero-order chi connectivity index (χ0) is 21.8. The molecule has 3 aromatic carbocycles. The van der Waals surface area contributed by atoms with Gasteiger partial charge in [0.2, 0.25) is 0 Å². The average molecular weight is 397 g/mol. The lowest BCUT2D eigenvalue weighted by molar-refractivity contribution is 0.590. The molecule has 0 atom stereocenters. The number of hydrogen-bond acceptors (Lipinski definition) is 2. The van der Waals surface area contributed by atoms with Gasteiger partial charge in [0, 0.05) is 22.3 Å². The smallest absolute Gasteiger partial charge is 0.132 e. The predicted octanol–water partition coefficient (Wildman–Crippen LogP) is 7.80. The molecule has 0 saturated carbocycles. The van der Waals surface area contributed by atoms with E-state index in [1.807, 2.05) is 0 Å². The monoisotopic (exact) mass is 396 g/mol. The van der Waals surface area contributed by atoms with Crippen molar-refractivity contribution in [3.05, 3.63) is 70.5 Å². The first-order valence-electron chi connectivity index (χ1n) is 10.9. The highest BCUT2D eigenvalue weighted by molar-refractivity contribution is 6.10. The summed E-state index contributed by atoms with van der Waals surface area (Å²) in [4.78, 5) is 10.1. The Morgan fingerprint density at radius 1 is 0.800 bits per heavy atom. The van der Waals surface area contributed by atoms with Crippen LogP contribution in [0.3, 0.4) is 0 Å². The summed E-state index contributed by atoms with van der Waals surface area (Å²) in [7, 11) is 0. The predicted molar refractivity (Wildman–Crippen MR) is 129 cm³/mol. The maximum Gasteiger partial charge on any atom is 0.132 e. The molecule has 0 N–H and O–H groups in total. The second-order valence-electron chi connectivity index (χ2n) is 10.1. The molecule has 0 aliphatic rings. The van der Waals surface area contributed by atoms with Crippen LogP contribution < -0.4 is 0 Å². The van der Waals surface area contributed by atoms with Crippen LogP contribution in [-0.4, -0.2) is 9.97 Å². The Balaban J connectivity index is 2.13. The van der Waals surface area contributed by atoms with Crippen LogP contribution in [0, 0.1) is 20.8 Å². The van der Waals surface area contributed by atoms with Gasteiger partial charge in [0.25, 0.3) is 0 Å². The lowest BCUT2D eigenvalue weighted by Gasteiger charge is -2.21. The highest BCUT2D eigenvalue weighted by Crippen LogP contribution is 2.36. The molecule has 2 heteroatoms. The topological polar surface area (TPSA) is 25.8 Å². The molecular formula is C28H32N2. The fraction of sp³-hybridized carbons (Fsp3) is 0.357. The van der Waals surface area contributed by atoms with Crippen LogP contribution in [0.5, 0.6) is 0 Å². The Labute approximate surface area is 180 Å². The molecule has 4 rings (SSSR count). The van der Waals surface area contributed by atoms with Crippen molar-refractivity contribution in [3.63, 3.8) is 0 Å². The van der Waals surface area contributed by atoms with Gasteiger partial charge in [0.15, 0.2) is 0 Å². The van der Waals surface area contributed by atoms with Crippen molar-refractivity contribution in [1.29, 1.82) is 0 Å². The first kappa shape index (κ1) is 20.5. The summed E-state index contributed by atoms with van der Waals surface area (Å²) in [5.41, 5.74) is 8.54. The Kier molecular flexibility index (Phi) is 4.92. The second-order valence-corrected chi connectivity index (χ2v) is 10.1. The number of hydrogen-bond donors (Lipinski definition) is 0. The molecule has 4 aromatic rings. The van der Waals surface area contributed by atoms with Crippen molar-refractivity contribution >= 4 is 21.7 Å². The summed E-state index contributed by atoms with van der Waals surface area (Å²) < 4.78 is 0. The first-order valence-corrected chi connectivity index (χ1v) is 10.9. The summed E-state index contributed by atoms with van der Waals surface area (Å²) in [5, 5.41) is 3.62. The van der Waals surface area contributed by atoms with E-state index in [9.17, 15) is 0 Å². The SMILES string of the molecule is Cc1cc(-c2nc(C(C)C)nc3c2ccc2cc(C)cc(C)c23)cc(C(C)(C)C)c1. The van der Waals surface area contributed by atoms with Crippen molar-refractivity contribution in [2.24, 2.45) is 0 Å². The largest absolute Gasteiger partial charge is 0.232 e. The van der Waals surface area contributed by atoms with Gasteiger partial charge in [0.1, 0.15) is 5.82 Å². The van der Waals surface area contributed by atoms with Crippen molar-refractivity contribution in [1.82, 2.24) is 9.97 Å². The lowest BCUT2D eigenvalue weighted by Crippen LogP contribution is -2.11. The van der Waals surface area contributed by atoms with E-state index in [-0.39, 0.29) is 11.3 Å². The van der Waals surface area contributed by atoms with Crippen LogP contribution in [0.15, 0.2) is 42.5 Å². The van der Waals surface area contributed by atoms with Gasteiger partial charge in [-0.1, -0.05) is 70.0 Å². The number of benzene rings is 3. The van der Waals surface area contributed by atoms with Crippen molar-refractivity contribution < 1.29 is 0 Å². The molecule has 1 aromatic heterocycles. The second kappa shape index (κ2) is 7.19. The zero-order valence-corrected chi connectivity index (χ0v) is 19.5. The highest BCUT2D eigenvalue weighted by atomic mass is 14.9. The summed E-state index contributed by atoms with van der Waals surface area (Å²) in [6.45, 7) is 17.7. The van der Waals surface area contributed by atoms with Gasteiger partial charge in [-0.15, -0.1) is 0 Å². The van der Waals surface area contributed by atoms with Crippen molar-refractivity contribution in [2.75, 3.05) is 0 Å². The molecular weight excluding hydrogens is 364 g/mol. The van der Waals surface area contributed by atoms with E-state index in [0.717, 1.165) is 22.4 Å². The Hall–Kier alpha value is -2.74. The van der Waals surface area contributed by atoms with E-state index in [1.165, 1.54) is 38.6 Å². The number of aromatic nitrogens is 2. The fourth-order valence-corrected chi connectivity index (χ4v) is 4.29. The fourth-order valence-electron chi connectivity index (χ4n) is 4.29. The van der Waals surface area contributed by atoms with Crippen LogP contribution in [0.2, 0.25) is 0 Å². The number of nitrogens with zero attached hydrogens (tertiary/aromatic N) is 2. The van der Waals surface area contributed by atoms with Crippen molar-refractivity contribution in [3.8, 4) is 11.3 Å². The quantitative estimate of drug-likeness (QED) is 0.323. The Morgan fingerprint density at radius 2 is 1.50 bits per heavy atom. The molecule has 30 heavy (non-hydrogen) atoms. The minimum absolute atomic E-state index is 0.0886. The van der Waals surface area contributed by atoms with E-state index >= 15 is 0 Å². The zero-order valence-electron chi connectivity index (χ0n) is 19.5. The van der Waals surface area contributed by atoms with E-state index in [0.29, 0.717) is 0 Å². The van der Waals surface area contributed by atoms with Crippen LogP contribution in [0.4, 0.5) is 0 Å². The molecule has 0 spiro atoms. The summed E-state index contributed by atoms with van der Waals surface area (Å²) >= 11 is 0. The molecule has 0 bridgehead atoms. The molecule has 0 radical (unpaired) electrons. The van der Waals surface area contributed by atoms with Crippen LogP contribution in [0.25, 0.3) is 32.9 Å². The molecule has 0 amide bonds. The van der Waals surface area contributed by atoms with Gasteiger partial charge >= 0.3 is 0 Å². The van der Waals surface area contributed by atoms with Gasteiger partial charge in [0.05, 0.1) is 11.2 Å². The Morgan fingerprint density at radius 3 is 2.17 bits per heavy atom. The van der Waals surface area contributed by atoms with Crippen LogP contribution in [0.1, 0.15) is 68.6 Å². The molecule has 0 aliphatic heterocycles. The first-order chi connectivity index (χ1) is 14.0. The van der Waals surface area contributed by atoms with Crippen LogP contribution >= 0.6 is 0 Å². The highest BCUT2D eigenvalue weighted by Gasteiger charge is 2.19. The van der Waals surface area contributed by atoms with Crippen molar-refractivity contribution in [2.45, 2.75) is 66.7 Å². The average Bonchev–Trinajstić information content (AvgIpc) is 2.65. The molecule has 154 valence electrons.